The molecule has 0 saturated heterocycles. The number of amides is 1. The molecule has 0 bridgehead atoms. The summed E-state index contributed by atoms with van der Waals surface area (Å²) in [4.78, 5) is 14.4. The lowest BCUT2D eigenvalue weighted by molar-refractivity contribution is -0.127. The Bertz CT molecular complexity index is 1050. The zero-order chi connectivity index (χ0) is 21.7. The molecule has 0 aliphatic heterocycles. The highest BCUT2D eigenvalue weighted by Crippen LogP contribution is 2.25. The molecule has 5 nitrogen and oxygen atoms in total. The highest BCUT2D eigenvalue weighted by molar-refractivity contribution is 7.99. The van der Waals surface area contributed by atoms with E-state index in [1.807, 2.05) is 35.9 Å². The van der Waals surface area contributed by atoms with Gasteiger partial charge in [0.1, 0.15) is 0 Å². The Kier molecular flexibility index (Phi) is 7.34. The van der Waals surface area contributed by atoms with Gasteiger partial charge in [-0.05, 0) is 49.2 Å². The summed E-state index contributed by atoms with van der Waals surface area (Å²) in [6.07, 6.45) is 1.79. The Morgan fingerprint density at radius 3 is 2.60 bits per heavy atom. The average molecular weight is 441 g/mol. The topological polar surface area (TPSA) is 51.0 Å². The number of hydrogen-bond acceptors (Lipinski definition) is 4. The van der Waals surface area contributed by atoms with Crippen LogP contribution >= 0.6 is 23.4 Å². The number of rotatable bonds is 8. The fourth-order valence-electron chi connectivity index (χ4n) is 3.11. The van der Waals surface area contributed by atoms with E-state index in [4.69, 9.17) is 11.6 Å². The third-order valence-electron chi connectivity index (χ3n) is 4.79. The predicted octanol–water partition coefficient (Wildman–Crippen LogP) is 5.15. The first kappa shape index (κ1) is 22.1. The fourth-order valence-corrected chi connectivity index (χ4v) is 4.12. The number of carbonyl (C=O) groups excluding carboxylic acids is 1. The third-order valence-corrected chi connectivity index (χ3v) is 5.99. The number of nitrogens with zero attached hydrogens (tertiary/aromatic N) is 4. The molecule has 1 heterocycles. The van der Waals surface area contributed by atoms with Gasteiger partial charge in [-0.1, -0.05) is 53.2 Å². The maximum Gasteiger partial charge on any atom is 0.233 e. The van der Waals surface area contributed by atoms with Crippen LogP contribution in [-0.4, -0.2) is 38.4 Å². The van der Waals surface area contributed by atoms with Crippen LogP contribution in [0.15, 0.2) is 60.3 Å². The first-order chi connectivity index (χ1) is 14.4. The molecule has 0 aliphatic carbocycles. The molecule has 0 fully saturated rings. The lowest BCUT2D eigenvalue weighted by atomic mass is 10.1. The van der Waals surface area contributed by atoms with E-state index in [2.05, 4.69) is 48.8 Å². The van der Waals surface area contributed by atoms with Crippen molar-refractivity contribution in [1.29, 1.82) is 0 Å². The van der Waals surface area contributed by atoms with Gasteiger partial charge in [-0.15, -0.1) is 16.8 Å². The monoisotopic (exact) mass is 440 g/mol. The molecule has 7 heteroatoms. The van der Waals surface area contributed by atoms with Gasteiger partial charge in [0.2, 0.25) is 5.91 Å². The van der Waals surface area contributed by atoms with Gasteiger partial charge in [-0.3, -0.25) is 9.36 Å². The first-order valence-corrected chi connectivity index (χ1v) is 11.0. The van der Waals surface area contributed by atoms with Crippen molar-refractivity contribution in [3.63, 3.8) is 0 Å². The van der Waals surface area contributed by atoms with Crippen LogP contribution in [0.5, 0.6) is 0 Å². The van der Waals surface area contributed by atoms with Crippen LogP contribution in [0, 0.1) is 13.8 Å². The van der Waals surface area contributed by atoms with E-state index < -0.39 is 0 Å². The number of halogens is 1. The molecule has 0 N–H and O–H groups in total. The van der Waals surface area contributed by atoms with Crippen molar-refractivity contribution in [1.82, 2.24) is 19.7 Å². The molecule has 1 amide bonds. The number of benzene rings is 2. The highest BCUT2D eigenvalue weighted by Gasteiger charge is 2.17. The Balaban J connectivity index is 1.69. The largest absolute Gasteiger partial charge is 0.341 e. The molecule has 156 valence electrons. The average Bonchev–Trinajstić information content (AvgIpc) is 3.11. The number of thioether (sulfide) groups is 1. The van der Waals surface area contributed by atoms with Crippen molar-refractivity contribution in [3.8, 4) is 11.4 Å². The molecule has 0 saturated carbocycles. The fraction of sp³-hybridized carbons (Fsp3) is 0.261. The summed E-state index contributed by atoms with van der Waals surface area (Å²) < 4.78 is 1.96. The van der Waals surface area contributed by atoms with Crippen molar-refractivity contribution in [2.75, 3.05) is 12.8 Å². The molecule has 3 aromatic rings. The standard InChI is InChI=1S/C23H25ClN4OS/c1-5-12-28-22(18-8-10-20(24)11-9-18)25-26-23(28)30-15-21(29)27(4)14-19-7-6-16(2)13-17(19)3/h5-11,13H,1,12,14-15H2,2-4H3. The van der Waals surface area contributed by atoms with Crippen molar-refractivity contribution < 1.29 is 4.79 Å². The zero-order valence-electron chi connectivity index (χ0n) is 17.4. The van der Waals surface area contributed by atoms with Crippen molar-refractivity contribution >= 4 is 29.3 Å². The number of allylic oxidation sites excluding steroid dienone is 1. The molecule has 3 rings (SSSR count). The van der Waals surface area contributed by atoms with Crippen LogP contribution in [-0.2, 0) is 17.9 Å². The summed E-state index contributed by atoms with van der Waals surface area (Å²) in [5.74, 6) is 1.06. The van der Waals surface area contributed by atoms with E-state index in [1.165, 1.54) is 22.9 Å². The number of aryl methyl sites for hydroxylation is 2. The molecule has 1 aromatic heterocycles. The molecular formula is C23H25ClN4OS. The Hall–Kier alpha value is -2.57. The van der Waals surface area contributed by atoms with Crippen molar-refractivity contribution in [3.05, 3.63) is 76.8 Å². The summed E-state index contributed by atoms with van der Waals surface area (Å²) in [6, 6.07) is 13.8. The summed E-state index contributed by atoms with van der Waals surface area (Å²) in [7, 11) is 1.83. The van der Waals surface area contributed by atoms with Crippen LogP contribution in [0.3, 0.4) is 0 Å². The smallest absolute Gasteiger partial charge is 0.233 e. The van der Waals surface area contributed by atoms with Crippen LogP contribution in [0.2, 0.25) is 5.02 Å². The van der Waals surface area contributed by atoms with Gasteiger partial charge in [-0.25, -0.2) is 0 Å². The predicted molar refractivity (Wildman–Crippen MR) is 124 cm³/mol. The molecule has 0 atom stereocenters. The second kappa shape index (κ2) is 9.96. The maximum absolute atomic E-state index is 12.7. The van der Waals surface area contributed by atoms with Crippen molar-refractivity contribution in [2.45, 2.75) is 32.1 Å². The molecule has 30 heavy (non-hydrogen) atoms. The molecular weight excluding hydrogens is 416 g/mol. The first-order valence-electron chi connectivity index (χ1n) is 9.62. The summed E-state index contributed by atoms with van der Waals surface area (Å²) in [5.41, 5.74) is 4.49. The van der Waals surface area contributed by atoms with Gasteiger partial charge in [0.25, 0.3) is 0 Å². The summed E-state index contributed by atoms with van der Waals surface area (Å²) >= 11 is 7.37. The lowest BCUT2D eigenvalue weighted by Crippen LogP contribution is -2.28. The van der Waals surface area contributed by atoms with E-state index in [1.54, 1.807) is 11.0 Å². The van der Waals surface area contributed by atoms with Crippen LogP contribution in [0.4, 0.5) is 0 Å². The molecule has 0 aliphatic rings. The van der Waals surface area contributed by atoms with E-state index in [0.29, 0.717) is 23.3 Å². The van der Waals surface area contributed by atoms with Gasteiger partial charge in [-0.2, -0.15) is 0 Å². The zero-order valence-corrected chi connectivity index (χ0v) is 19.0. The van der Waals surface area contributed by atoms with E-state index >= 15 is 0 Å². The second-order valence-corrected chi connectivity index (χ2v) is 8.56. The number of hydrogen-bond donors (Lipinski definition) is 0. The Morgan fingerprint density at radius 1 is 1.20 bits per heavy atom. The van der Waals surface area contributed by atoms with Gasteiger partial charge in [0.15, 0.2) is 11.0 Å². The van der Waals surface area contributed by atoms with Crippen LogP contribution in [0.25, 0.3) is 11.4 Å². The molecule has 0 radical (unpaired) electrons. The van der Waals surface area contributed by atoms with E-state index in [0.717, 1.165) is 17.0 Å². The number of carbonyl (C=O) groups is 1. The van der Waals surface area contributed by atoms with E-state index in [-0.39, 0.29) is 11.7 Å². The van der Waals surface area contributed by atoms with Crippen molar-refractivity contribution in [2.24, 2.45) is 0 Å². The molecule has 0 spiro atoms. The van der Waals surface area contributed by atoms with Gasteiger partial charge >= 0.3 is 0 Å². The minimum atomic E-state index is 0.0428. The Labute approximate surface area is 186 Å². The van der Waals surface area contributed by atoms with Gasteiger partial charge in [0.05, 0.1) is 5.75 Å². The summed E-state index contributed by atoms with van der Waals surface area (Å²) in [5, 5.41) is 9.97. The quantitative estimate of drug-likeness (QED) is 0.359. The van der Waals surface area contributed by atoms with Crippen LogP contribution < -0.4 is 0 Å². The highest BCUT2D eigenvalue weighted by atomic mass is 35.5. The summed E-state index contributed by atoms with van der Waals surface area (Å²) in [6.45, 7) is 9.11. The maximum atomic E-state index is 12.7. The number of aromatic nitrogens is 3. The minimum Gasteiger partial charge on any atom is -0.341 e. The SMILES string of the molecule is C=CCn1c(SCC(=O)N(C)Cc2ccc(C)cc2C)nnc1-c1ccc(Cl)cc1. The minimum absolute atomic E-state index is 0.0428. The van der Waals surface area contributed by atoms with Gasteiger partial charge in [0, 0.05) is 30.7 Å². The molecule has 2 aromatic carbocycles. The Morgan fingerprint density at radius 2 is 1.93 bits per heavy atom. The normalized spacial score (nSPS) is 10.8. The van der Waals surface area contributed by atoms with Gasteiger partial charge < -0.3 is 4.90 Å². The second-order valence-electron chi connectivity index (χ2n) is 7.18. The third kappa shape index (κ3) is 5.32. The van der Waals surface area contributed by atoms with Crippen LogP contribution in [0.1, 0.15) is 16.7 Å². The van der Waals surface area contributed by atoms with E-state index in [9.17, 15) is 4.79 Å². The molecule has 0 unspecified atom stereocenters. The lowest BCUT2D eigenvalue weighted by Gasteiger charge is -2.18.